The number of aliphatic hydroxyl groups excluding tert-OH is 1. The van der Waals surface area contributed by atoms with Crippen molar-refractivity contribution in [2.45, 2.75) is 25.6 Å². The summed E-state index contributed by atoms with van der Waals surface area (Å²) in [7, 11) is 0. The molecule has 3 aromatic rings. The Kier molecular flexibility index (Phi) is 8.51. The van der Waals surface area contributed by atoms with Gasteiger partial charge in [0.2, 0.25) is 0 Å². The summed E-state index contributed by atoms with van der Waals surface area (Å²) < 4.78 is 0.920. The number of nitro groups is 1. The Labute approximate surface area is 196 Å². The van der Waals surface area contributed by atoms with Crippen molar-refractivity contribution in [3.63, 3.8) is 0 Å². The van der Waals surface area contributed by atoms with E-state index in [1.54, 1.807) is 18.2 Å². The van der Waals surface area contributed by atoms with E-state index in [2.05, 4.69) is 51.3 Å². The van der Waals surface area contributed by atoms with E-state index in [4.69, 9.17) is 0 Å². The van der Waals surface area contributed by atoms with Gasteiger partial charge in [-0.15, -0.1) is 0 Å². The quantitative estimate of drug-likeness (QED) is 0.180. The Bertz CT molecular complexity index is 998. The molecule has 0 unspecified atom stereocenters. The number of hydrogen-bond donors (Lipinski definition) is 1. The summed E-state index contributed by atoms with van der Waals surface area (Å²) in [6.45, 7) is 5.24. The number of aliphatic hydroxyl groups is 1. The minimum absolute atomic E-state index is 0.00302. The number of allylic oxidation sites excluding steroid dienone is 1. The van der Waals surface area contributed by atoms with Gasteiger partial charge in [-0.25, -0.2) is 0 Å². The average Bonchev–Trinajstić information content (AvgIpc) is 2.82. The minimum atomic E-state index is -0.834. The zero-order valence-corrected chi connectivity index (χ0v) is 19.4. The van der Waals surface area contributed by atoms with Crippen LogP contribution in [0.5, 0.6) is 0 Å². The normalized spacial score (nSPS) is 12.5. The Balaban J connectivity index is 1.88. The Hall–Kier alpha value is -3.05. The topological polar surface area (TPSA) is 66.6 Å². The van der Waals surface area contributed by atoms with Gasteiger partial charge in [0, 0.05) is 0 Å². The molecule has 0 aliphatic heterocycles. The van der Waals surface area contributed by atoms with E-state index < -0.39 is 11.0 Å². The molecule has 0 saturated carbocycles. The Morgan fingerprint density at radius 3 is 1.91 bits per heavy atom. The van der Waals surface area contributed by atoms with Gasteiger partial charge in [0.1, 0.15) is 0 Å². The molecule has 0 aromatic heterocycles. The van der Waals surface area contributed by atoms with Gasteiger partial charge in [0.15, 0.2) is 0 Å². The van der Waals surface area contributed by atoms with Crippen LogP contribution in [-0.2, 0) is 13.1 Å². The summed E-state index contributed by atoms with van der Waals surface area (Å²) in [5, 5.41) is 22.2. The Morgan fingerprint density at radius 2 is 1.47 bits per heavy atom. The molecule has 0 fully saturated rings. The molecule has 3 aromatic carbocycles. The SMILES string of the molecule is C=CC[C@@H](C(=[Se])N(Cc1ccccc1)Cc1ccccc1)[C@@H](O)c1ccc([N+](=O)[O-])cc1. The van der Waals surface area contributed by atoms with E-state index in [0.717, 1.165) is 4.54 Å². The summed E-state index contributed by atoms with van der Waals surface area (Å²) in [6.07, 6.45) is 1.51. The summed E-state index contributed by atoms with van der Waals surface area (Å²) >= 11 is 3.21. The predicted octanol–water partition coefficient (Wildman–Crippen LogP) is 4.82. The predicted molar refractivity (Wildman–Crippen MR) is 129 cm³/mol. The van der Waals surface area contributed by atoms with Gasteiger partial charge in [0.25, 0.3) is 0 Å². The van der Waals surface area contributed by atoms with Crippen molar-refractivity contribution in [1.82, 2.24) is 4.90 Å². The first-order valence-electron chi connectivity index (χ1n) is 10.4. The van der Waals surface area contributed by atoms with Gasteiger partial charge in [-0.1, -0.05) is 0 Å². The number of nitrogens with zero attached hydrogens (tertiary/aromatic N) is 2. The monoisotopic (exact) mass is 494 g/mol. The molecule has 0 radical (unpaired) electrons. The third kappa shape index (κ3) is 6.23. The summed E-state index contributed by atoms with van der Waals surface area (Å²) in [5.41, 5.74) is 2.97. The van der Waals surface area contributed by atoms with Crippen molar-refractivity contribution in [2.24, 2.45) is 5.92 Å². The first-order chi connectivity index (χ1) is 15.5. The van der Waals surface area contributed by atoms with Crippen molar-refractivity contribution >= 4 is 25.8 Å². The van der Waals surface area contributed by atoms with E-state index in [-0.39, 0.29) is 11.6 Å². The van der Waals surface area contributed by atoms with Crippen LogP contribution in [0.4, 0.5) is 5.69 Å². The molecule has 3 rings (SSSR count). The van der Waals surface area contributed by atoms with Gasteiger partial charge < -0.3 is 0 Å². The molecular weight excluding hydrogens is 467 g/mol. The van der Waals surface area contributed by atoms with Crippen LogP contribution in [0.25, 0.3) is 0 Å². The van der Waals surface area contributed by atoms with Gasteiger partial charge >= 0.3 is 197 Å². The summed E-state index contributed by atoms with van der Waals surface area (Å²) in [6, 6.07) is 26.5. The number of rotatable bonds is 11. The van der Waals surface area contributed by atoms with Crippen LogP contribution >= 0.6 is 0 Å². The summed E-state index contributed by atoms with van der Waals surface area (Å²) in [5.74, 6) is -0.263. The molecule has 5 nitrogen and oxygen atoms in total. The molecule has 0 bridgehead atoms. The maximum atomic E-state index is 11.2. The fraction of sp³-hybridized carbons (Fsp3) is 0.192. The first-order valence-corrected chi connectivity index (χ1v) is 11.2. The molecule has 0 spiro atoms. The maximum absolute atomic E-state index is 11.2. The molecule has 164 valence electrons. The van der Waals surface area contributed by atoms with Crippen LogP contribution < -0.4 is 0 Å². The molecule has 2 atom stereocenters. The van der Waals surface area contributed by atoms with Gasteiger partial charge in [-0.2, -0.15) is 0 Å². The van der Waals surface area contributed by atoms with E-state index in [1.807, 2.05) is 36.4 Å². The van der Waals surface area contributed by atoms with Crippen LogP contribution in [-0.4, -0.2) is 35.0 Å². The van der Waals surface area contributed by atoms with Crippen molar-refractivity contribution in [3.8, 4) is 0 Å². The fourth-order valence-corrected chi connectivity index (χ4v) is 4.37. The van der Waals surface area contributed by atoms with Gasteiger partial charge in [-0.3, -0.25) is 0 Å². The van der Waals surface area contributed by atoms with Crippen molar-refractivity contribution in [3.05, 3.63) is 124 Å². The van der Waals surface area contributed by atoms with Crippen LogP contribution in [0.3, 0.4) is 0 Å². The van der Waals surface area contributed by atoms with Crippen LogP contribution in [0.15, 0.2) is 97.6 Å². The number of hydrogen-bond acceptors (Lipinski definition) is 4. The second-order valence-electron chi connectivity index (χ2n) is 7.59. The third-order valence-corrected chi connectivity index (χ3v) is 6.49. The van der Waals surface area contributed by atoms with Crippen LogP contribution in [0, 0.1) is 16.0 Å². The van der Waals surface area contributed by atoms with Gasteiger partial charge in [-0.05, 0) is 0 Å². The van der Waals surface area contributed by atoms with E-state index >= 15 is 0 Å². The van der Waals surface area contributed by atoms with Crippen molar-refractivity contribution in [1.29, 1.82) is 0 Å². The van der Waals surface area contributed by atoms with E-state index in [0.29, 0.717) is 25.1 Å². The zero-order chi connectivity index (χ0) is 22.9. The standard InChI is InChI=1S/C26H26N2O3Se/c1-2-9-24(25(29)22-14-16-23(17-15-22)28(30)31)26(32)27(18-20-10-5-3-6-11-20)19-21-12-7-4-8-13-21/h2-8,10-17,24-25,29H,1,9,18-19H2/t24-,25+/m1/s1. The fourth-order valence-electron chi connectivity index (χ4n) is 3.62. The number of nitro benzene ring substituents is 1. The molecule has 0 aliphatic rings. The molecule has 1 N–H and O–H groups in total. The molecule has 0 saturated heterocycles. The molecule has 0 aliphatic carbocycles. The molecule has 0 amide bonds. The van der Waals surface area contributed by atoms with E-state index in [9.17, 15) is 15.2 Å². The third-order valence-electron chi connectivity index (χ3n) is 5.31. The van der Waals surface area contributed by atoms with Gasteiger partial charge in [0.05, 0.1) is 0 Å². The van der Waals surface area contributed by atoms with Crippen LogP contribution in [0.2, 0.25) is 0 Å². The molecular formula is C26H26N2O3Se. The van der Waals surface area contributed by atoms with Crippen molar-refractivity contribution in [2.75, 3.05) is 0 Å². The second kappa shape index (κ2) is 11.5. The Morgan fingerprint density at radius 1 is 0.969 bits per heavy atom. The van der Waals surface area contributed by atoms with Crippen molar-refractivity contribution < 1.29 is 10.0 Å². The summed E-state index contributed by atoms with van der Waals surface area (Å²) in [4.78, 5) is 12.8. The number of non-ortho nitro benzene ring substituents is 1. The number of benzene rings is 3. The zero-order valence-electron chi connectivity index (χ0n) is 17.7. The molecule has 0 heterocycles. The van der Waals surface area contributed by atoms with E-state index in [1.165, 1.54) is 23.3 Å². The van der Waals surface area contributed by atoms with Crippen LogP contribution in [0.1, 0.15) is 29.2 Å². The first kappa shape index (κ1) is 23.6. The average molecular weight is 493 g/mol. The molecule has 32 heavy (non-hydrogen) atoms. The second-order valence-corrected chi connectivity index (χ2v) is 8.47. The molecule has 6 heteroatoms.